The van der Waals surface area contributed by atoms with Crippen LogP contribution in [0.25, 0.3) is 0 Å². The predicted octanol–water partition coefficient (Wildman–Crippen LogP) is 4.28. The molecular formula is C17H26N2OS. The second-order valence-corrected chi connectivity index (χ2v) is 7.03. The molecule has 0 spiro atoms. The van der Waals surface area contributed by atoms with Gasteiger partial charge in [-0.25, -0.2) is 0 Å². The van der Waals surface area contributed by atoms with Crippen LogP contribution in [0.3, 0.4) is 0 Å². The van der Waals surface area contributed by atoms with Gasteiger partial charge in [0.25, 0.3) is 0 Å². The molecule has 2 aromatic heterocycles. The van der Waals surface area contributed by atoms with Gasteiger partial charge in [0, 0.05) is 23.0 Å². The number of nitrogens with one attached hydrogen (secondary N) is 1. The molecule has 0 aliphatic carbocycles. The first kappa shape index (κ1) is 16.3. The maximum Gasteiger partial charge on any atom is 0.118 e. The van der Waals surface area contributed by atoms with E-state index < -0.39 is 0 Å². The van der Waals surface area contributed by atoms with Gasteiger partial charge in [0.15, 0.2) is 0 Å². The van der Waals surface area contributed by atoms with Gasteiger partial charge in [0.05, 0.1) is 12.8 Å². The number of furan rings is 1. The molecule has 0 amide bonds. The van der Waals surface area contributed by atoms with Crippen LogP contribution in [0, 0.1) is 5.92 Å². The highest BCUT2D eigenvalue weighted by Crippen LogP contribution is 2.25. The fraction of sp³-hybridized carbons (Fsp3) is 0.529. The average Bonchev–Trinajstić information content (AvgIpc) is 3.09. The lowest BCUT2D eigenvalue weighted by molar-refractivity contribution is 0.235. The van der Waals surface area contributed by atoms with Crippen molar-refractivity contribution in [1.82, 2.24) is 10.2 Å². The SMILES string of the molecule is CC(C)CNCc1coc(CN(C)C(C)c2cccs2)c1. The summed E-state index contributed by atoms with van der Waals surface area (Å²) >= 11 is 1.81. The van der Waals surface area contributed by atoms with E-state index in [-0.39, 0.29) is 0 Å². The molecule has 2 rings (SSSR count). The zero-order valence-corrected chi connectivity index (χ0v) is 14.2. The summed E-state index contributed by atoms with van der Waals surface area (Å²) in [5, 5.41) is 5.57. The molecule has 0 aliphatic heterocycles. The Labute approximate surface area is 132 Å². The zero-order chi connectivity index (χ0) is 15.2. The molecule has 0 aliphatic rings. The molecule has 0 saturated heterocycles. The van der Waals surface area contributed by atoms with Crippen molar-refractivity contribution in [2.45, 2.75) is 39.9 Å². The molecule has 0 saturated carbocycles. The number of nitrogens with zero attached hydrogens (tertiary/aromatic N) is 1. The fourth-order valence-corrected chi connectivity index (χ4v) is 3.08. The summed E-state index contributed by atoms with van der Waals surface area (Å²) in [6.07, 6.45) is 1.87. The second-order valence-electron chi connectivity index (χ2n) is 6.05. The third-order valence-electron chi connectivity index (χ3n) is 3.61. The summed E-state index contributed by atoms with van der Waals surface area (Å²) in [5.41, 5.74) is 1.22. The molecule has 2 aromatic rings. The maximum atomic E-state index is 5.68. The fourth-order valence-electron chi connectivity index (χ4n) is 2.24. The first-order valence-corrected chi connectivity index (χ1v) is 8.45. The molecule has 2 heterocycles. The van der Waals surface area contributed by atoms with E-state index in [1.165, 1.54) is 10.4 Å². The van der Waals surface area contributed by atoms with Crippen LogP contribution in [0.15, 0.2) is 34.3 Å². The van der Waals surface area contributed by atoms with Gasteiger partial charge in [-0.15, -0.1) is 11.3 Å². The second kappa shape index (κ2) is 7.78. The van der Waals surface area contributed by atoms with E-state index in [4.69, 9.17) is 4.42 Å². The van der Waals surface area contributed by atoms with Crippen molar-refractivity contribution in [3.05, 3.63) is 46.0 Å². The van der Waals surface area contributed by atoms with Gasteiger partial charge < -0.3 is 9.73 Å². The molecule has 0 fully saturated rings. The molecule has 0 aromatic carbocycles. The molecule has 1 unspecified atom stereocenters. The summed E-state index contributed by atoms with van der Waals surface area (Å²) in [7, 11) is 2.14. The van der Waals surface area contributed by atoms with Gasteiger partial charge in [-0.3, -0.25) is 4.90 Å². The number of hydrogen-bond acceptors (Lipinski definition) is 4. The monoisotopic (exact) mass is 306 g/mol. The largest absolute Gasteiger partial charge is 0.468 e. The molecular weight excluding hydrogens is 280 g/mol. The molecule has 1 atom stereocenters. The minimum atomic E-state index is 0.414. The van der Waals surface area contributed by atoms with Crippen LogP contribution in [-0.2, 0) is 13.1 Å². The van der Waals surface area contributed by atoms with Gasteiger partial charge >= 0.3 is 0 Å². The van der Waals surface area contributed by atoms with E-state index in [0.29, 0.717) is 12.0 Å². The lowest BCUT2D eigenvalue weighted by atomic mass is 10.2. The Morgan fingerprint density at radius 2 is 2.14 bits per heavy atom. The van der Waals surface area contributed by atoms with Crippen molar-refractivity contribution >= 4 is 11.3 Å². The molecule has 0 radical (unpaired) electrons. The minimum Gasteiger partial charge on any atom is -0.468 e. The zero-order valence-electron chi connectivity index (χ0n) is 13.4. The Kier molecular flexibility index (Phi) is 6.03. The average molecular weight is 306 g/mol. The van der Waals surface area contributed by atoms with Gasteiger partial charge in [0.1, 0.15) is 5.76 Å². The molecule has 1 N–H and O–H groups in total. The topological polar surface area (TPSA) is 28.4 Å². The van der Waals surface area contributed by atoms with Gasteiger partial charge in [-0.05, 0) is 43.9 Å². The highest BCUT2D eigenvalue weighted by molar-refractivity contribution is 7.10. The number of rotatable bonds is 8. The number of hydrogen-bond donors (Lipinski definition) is 1. The first-order valence-electron chi connectivity index (χ1n) is 7.57. The van der Waals surface area contributed by atoms with E-state index in [0.717, 1.165) is 25.4 Å². The van der Waals surface area contributed by atoms with E-state index in [2.05, 4.69) is 61.6 Å². The molecule has 4 heteroatoms. The first-order chi connectivity index (χ1) is 10.1. The summed E-state index contributed by atoms with van der Waals surface area (Å²) in [6.45, 7) is 9.42. The Morgan fingerprint density at radius 1 is 1.33 bits per heavy atom. The summed E-state index contributed by atoms with van der Waals surface area (Å²) in [5.74, 6) is 1.71. The van der Waals surface area contributed by atoms with Crippen LogP contribution < -0.4 is 5.32 Å². The number of thiophene rings is 1. The summed E-state index contributed by atoms with van der Waals surface area (Å²) < 4.78 is 5.68. The van der Waals surface area contributed by atoms with Crippen molar-refractivity contribution in [3.8, 4) is 0 Å². The van der Waals surface area contributed by atoms with E-state index in [1.54, 1.807) is 11.3 Å². The Bertz CT molecular complexity index is 519. The van der Waals surface area contributed by atoms with E-state index in [1.807, 2.05) is 6.26 Å². The standard InChI is InChI=1S/C17H26N2OS/c1-13(2)9-18-10-15-8-16(20-12-15)11-19(4)14(3)17-6-5-7-21-17/h5-8,12-14,18H,9-11H2,1-4H3. The third-order valence-corrected chi connectivity index (χ3v) is 4.65. The molecule has 116 valence electrons. The van der Waals surface area contributed by atoms with Crippen LogP contribution >= 0.6 is 11.3 Å². The van der Waals surface area contributed by atoms with Crippen LogP contribution in [0.4, 0.5) is 0 Å². The van der Waals surface area contributed by atoms with E-state index >= 15 is 0 Å². The Hall–Kier alpha value is -1.10. The predicted molar refractivity (Wildman–Crippen MR) is 89.5 cm³/mol. The quantitative estimate of drug-likeness (QED) is 0.789. The Morgan fingerprint density at radius 3 is 2.81 bits per heavy atom. The molecule has 0 bridgehead atoms. The van der Waals surface area contributed by atoms with Gasteiger partial charge in [-0.2, -0.15) is 0 Å². The van der Waals surface area contributed by atoms with Gasteiger partial charge in [-0.1, -0.05) is 19.9 Å². The normalized spacial score (nSPS) is 13.2. The summed E-state index contributed by atoms with van der Waals surface area (Å²) in [6, 6.07) is 6.87. The van der Waals surface area contributed by atoms with Crippen LogP contribution in [0.1, 0.15) is 43.0 Å². The van der Waals surface area contributed by atoms with Crippen molar-refractivity contribution in [2.75, 3.05) is 13.6 Å². The van der Waals surface area contributed by atoms with Crippen molar-refractivity contribution < 1.29 is 4.42 Å². The Balaban J connectivity index is 1.84. The maximum absolute atomic E-state index is 5.68. The van der Waals surface area contributed by atoms with Gasteiger partial charge in [0.2, 0.25) is 0 Å². The minimum absolute atomic E-state index is 0.414. The smallest absolute Gasteiger partial charge is 0.118 e. The molecule has 21 heavy (non-hydrogen) atoms. The lowest BCUT2D eigenvalue weighted by Gasteiger charge is -2.22. The third kappa shape index (κ3) is 4.99. The van der Waals surface area contributed by atoms with Crippen LogP contribution in [0.2, 0.25) is 0 Å². The van der Waals surface area contributed by atoms with Crippen molar-refractivity contribution in [1.29, 1.82) is 0 Å². The van der Waals surface area contributed by atoms with E-state index in [9.17, 15) is 0 Å². The van der Waals surface area contributed by atoms with Crippen molar-refractivity contribution in [3.63, 3.8) is 0 Å². The van der Waals surface area contributed by atoms with Crippen molar-refractivity contribution in [2.24, 2.45) is 5.92 Å². The van der Waals surface area contributed by atoms with Crippen LogP contribution in [0.5, 0.6) is 0 Å². The molecule has 3 nitrogen and oxygen atoms in total. The van der Waals surface area contributed by atoms with Crippen LogP contribution in [-0.4, -0.2) is 18.5 Å². The lowest BCUT2D eigenvalue weighted by Crippen LogP contribution is -2.21. The highest BCUT2D eigenvalue weighted by atomic mass is 32.1. The summed E-state index contributed by atoms with van der Waals surface area (Å²) in [4.78, 5) is 3.71. The highest BCUT2D eigenvalue weighted by Gasteiger charge is 2.14.